The molecule has 2 aromatic heterocycles. The number of hydrogen-bond donors (Lipinski definition) is 2. The summed E-state index contributed by atoms with van der Waals surface area (Å²) in [7, 11) is 0. The zero-order valence-corrected chi connectivity index (χ0v) is 16.5. The highest BCUT2D eigenvalue weighted by molar-refractivity contribution is 14.0. The van der Waals surface area contributed by atoms with Gasteiger partial charge in [-0.05, 0) is 30.5 Å². The molecule has 0 saturated heterocycles. The predicted molar refractivity (Wildman–Crippen MR) is 113 cm³/mol. The van der Waals surface area contributed by atoms with Crippen LogP contribution in [0.2, 0.25) is 0 Å². The van der Waals surface area contributed by atoms with Crippen molar-refractivity contribution in [1.82, 2.24) is 20.6 Å². The third kappa shape index (κ3) is 5.38. The lowest BCUT2D eigenvalue weighted by Crippen LogP contribution is -2.37. The first-order valence-corrected chi connectivity index (χ1v) is 8.11. The Morgan fingerprint density at radius 3 is 2.60 bits per heavy atom. The molecular weight excluding hydrogens is 425 g/mol. The highest BCUT2D eigenvalue weighted by Gasteiger charge is 2.03. The minimum atomic E-state index is 0. The molecule has 0 amide bonds. The molecule has 0 unspecified atom stereocenters. The lowest BCUT2D eigenvalue weighted by Gasteiger charge is -2.12. The second kappa shape index (κ2) is 9.93. The van der Waals surface area contributed by atoms with Crippen molar-refractivity contribution in [2.45, 2.75) is 20.0 Å². The summed E-state index contributed by atoms with van der Waals surface area (Å²) in [5.41, 5.74) is 1.95. The van der Waals surface area contributed by atoms with E-state index in [9.17, 15) is 0 Å². The summed E-state index contributed by atoms with van der Waals surface area (Å²) in [6.45, 7) is 4.01. The highest BCUT2D eigenvalue weighted by Crippen LogP contribution is 2.15. The Bertz CT molecular complexity index is 815. The Morgan fingerprint density at radius 2 is 1.80 bits per heavy atom. The molecule has 0 spiro atoms. The van der Waals surface area contributed by atoms with Crippen LogP contribution in [0.15, 0.2) is 65.9 Å². The Morgan fingerprint density at radius 1 is 0.960 bits per heavy atom. The maximum absolute atomic E-state index is 4.58. The number of halogens is 1. The molecule has 0 fully saturated rings. The van der Waals surface area contributed by atoms with Gasteiger partial charge < -0.3 is 10.6 Å². The van der Waals surface area contributed by atoms with E-state index in [1.807, 2.05) is 49.5 Å². The molecule has 0 aliphatic carbocycles. The van der Waals surface area contributed by atoms with E-state index in [1.54, 1.807) is 6.20 Å². The van der Waals surface area contributed by atoms with Crippen molar-refractivity contribution < 1.29 is 0 Å². The summed E-state index contributed by atoms with van der Waals surface area (Å²) in [6, 6.07) is 16.1. The summed E-state index contributed by atoms with van der Waals surface area (Å²) < 4.78 is 0. The van der Waals surface area contributed by atoms with Crippen LogP contribution in [0.4, 0.5) is 0 Å². The van der Waals surface area contributed by atoms with E-state index in [1.165, 1.54) is 5.39 Å². The number of pyridine rings is 2. The first kappa shape index (κ1) is 19.1. The zero-order chi connectivity index (χ0) is 16.6. The third-order valence-corrected chi connectivity index (χ3v) is 3.65. The number of aromatic nitrogens is 2. The van der Waals surface area contributed by atoms with E-state index >= 15 is 0 Å². The van der Waals surface area contributed by atoms with Crippen molar-refractivity contribution in [3.63, 3.8) is 0 Å². The Labute approximate surface area is 165 Å². The average molecular weight is 447 g/mol. The number of aliphatic imine (C=N–C) groups is 1. The van der Waals surface area contributed by atoms with Gasteiger partial charge in [-0.15, -0.1) is 24.0 Å². The van der Waals surface area contributed by atoms with Gasteiger partial charge in [0.2, 0.25) is 0 Å². The van der Waals surface area contributed by atoms with E-state index in [2.05, 4.69) is 37.7 Å². The summed E-state index contributed by atoms with van der Waals surface area (Å²) in [5.74, 6) is 0.762. The minimum absolute atomic E-state index is 0. The van der Waals surface area contributed by atoms with Crippen molar-refractivity contribution >= 4 is 40.7 Å². The molecule has 0 radical (unpaired) electrons. The molecule has 0 aliphatic rings. The number of nitrogens with one attached hydrogen (secondary N) is 2. The standard InChI is InChI=1S/C19H21N5.HI/c1-2-20-19(23-13-16-8-5-6-11-21-16)24-14-18-17-9-4-3-7-15(17)10-12-22-18;/h3-12H,2,13-14H2,1H3,(H2,20,23,24);1H. The van der Waals surface area contributed by atoms with Crippen molar-refractivity contribution in [2.75, 3.05) is 6.54 Å². The van der Waals surface area contributed by atoms with E-state index < -0.39 is 0 Å². The SMILES string of the molecule is CCNC(=NCc1ccccn1)NCc1nccc2ccccc12.I. The van der Waals surface area contributed by atoms with Crippen molar-refractivity contribution in [2.24, 2.45) is 4.99 Å². The van der Waals surface area contributed by atoms with Crippen molar-refractivity contribution in [3.8, 4) is 0 Å². The molecule has 0 atom stereocenters. The molecule has 0 bridgehead atoms. The fourth-order valence-corrected chi connectivity index (χ4v) is 2.48. The van der Waals surface area contributed by atoms with Crippen LogP contribution in [0.5, 0.6) is 0 Å². The van der Waals surface area contributed by atoms with Crippen LogP contribution in [-0.4, -0.2) is 22.5 Å². The van der Waals surface area contributed by atoms with E-state index in [-0.39, 0.29) is 24.0 Å². The average Bonchev–Trinajstić information content (AvgIpc) is 2.65. The topological polar surface area (TPSA) is 62.2 Å². The molecule has 1 aromatic carbocycles. The first-order valence-electron chi connectivity index (χ1n) is 8.11. The number of guanidine groups is 1. The summed E-state index contributed by atoms with van der Waals surface area (Å²) in [6.07, 6.45) is 3.63. The molecule has 0 saturated carbocycles. The largest absolute Gasteiger partial charge is 0.357 e. The molecule has 0 aliphatic heterocycles. The van der Waals surface area contributed by atoms with E-state index in [4.69, 9.17) is 0 Å². The first-order chi connectivity index (χ1) is 11.9. The van der Waals surface area contributed by atoms with Gasteiger partial charge >= 0.3 is 0 Å². The van der Waals surface area contributed by atoms with E-state index in [0.29, 0.717) is 13.1 Å². The molecule has 3 aromatic rings. The zero-order valence-electron chi connectivity index (χ0n) is 14.1. The molecule has 2 N–H and O–H groups in total. The maximum atomic E-state index is 4.58. The van der Waals surface area contributed by atoms with Gasteiger partial charge in [0.25, 0.3) is 0 Å². The third-order valence-electron chi connectivity index (χ3n) is 3.65. The molecular formula is C19H22IN5. The molecule has 3 rings (SSSR count). The molecule has 5 nitrogen and oxygen atoms in total. The summed E-state index contributed by atoms with van der Waals surface area (Å²) in [4.78, 5) is 13.4. The Balaban J connectivity index is 0.00000225. The number of nitrogens with zero attached hydrogens (tertiary/aromatic N) is 3. The van der Waals surface area contributed by atoms with Crippen molar-refractivity contribution in [1.29, 1.82) is 0 Å². The van der Waals surface area contributed by atoms with Crippen LogP contribution in [0.3, 0.4) is 0 Å². The second-order valence-electron chi connectivity index (χ2n) is 5.35. The van der Waals surface area contributed by atoms with E-state index in [0.717, 1.165) is 29.3 Å². The van der Waals surface area contributed by atoms with Crippen LogP contribution >= 0.6 is 24.0 Å². The van der Waals surface area contributed by atoms with Gasteiger partial charge in [0.05, 0.1) is 24.5 Å². The monoisotopic (exact) mass is 447 g/mol. The molecule has 25 heavy (non-hydrogen) atoms. The lowest BCUT2D eigenvalue weighted by atomic mass is 10.1. The normalized spacial score (nSPS) is 11.0. The van der Waals surface area contributed by atoms with Gasteiger partial charge in [0.1, 0.15) is 0 Å². The number of benzene rings is 1. The smallest absolute Gasteiger partial charge is 0.191 e. The van der Waals surface area contributed by atoms with Crippen LogP contribution in [0.25, 0.3) is 10.8 Å². The number of fused-ring (bicyclic) bond motifs is 1. The fraction of sp³-hybridized carbons (Fsp3) is 0.211. The predicted octanol–water partition coefficient (Wildman–Crippen LogP) is 3.50. The van der Waals surface area contributed by atoms with Gasteiger partial charge in [-0.3, -0.25) is 9.97 Å². The van der Waals surface area contributed by atoms with Crippen LogP contribution in [0.1, 0.15) is 18.3 Å². The quantitative estimate of drug-likeness (QED) is 0.357. The Kier molecular flexibility index (Phi) is 7.59. The fourth-order valence-electron chi connectivity index (χ4n) is 2.48. The highest BCUT2D eigenvalue weighted by atomic mass is 127. The van der Waals surface area contributed by atoms with Crippen LogP contribution in [-0.2, 0) is 13.1 Å². The minimum Gasteiger partial charge on any atom is -0.357 e. The van der Waals surface area contributed by atoms with Gasteiger partial charge in [0, 0.05) is 24.3 Å². The summed E-state index contributed by atoms with van der Waals surface area (Å²) >= 11 is 0. The lowest BCUT2D eigenvalue weighted by molar-refractivity contribution is 0.801. The van der Waals surface area contributed by atoms with Crippen molar-refractivity contribution in [3.05, 3.63) is 72.3 Å². The number of rotatable bonds is 5. The van der Waals surface area contributed by atoms with Gasteiger partial charge in [-0.2, -0.15) is 0 Å². The van der Waals surface area contributed by atoms with Crippen LogP contribution in [0, 0.1) is 0 Å². The molecule has 130 valence electrons. The van der Waals surface area contributed by atoms with Crippen LogP contribution < -0.4 is 10.6 Å². The molecule has 6 heteroatoms. The number of hydrogen-bond acceptors (Lipinski definition) is 3. The molecule has 2 heterocycles. The van der Waals surface area contributed by atoms with Gasteiger partial charge in [-0.1, -0.05) is 30.3 Å². The van der Waals surface area contributed by atoms with Gasteiger partial charge in [-0.25, -0.2) is 4.99 Å². The summed E-state index contributed by atoms with van der Waals surface area (Å²) in [5, 5.41) is 8.96. The maximum Gasteiger partial charge on any atom is 0.191 e. The van der Waals surface area contributed by atoms with Gasteiger partial charge in [0.15, 0.2) is 5.96 Å². The second-order valence-corrected chi connectivity index (χ2v) is 5.35. The Hall–Kier alpha value is -2.22.